The van der Waals surface area contributed by atoms with Crippen molar-refractivity contribution < 1.29 is 36.7 Å². The van der Waals surface area contributed by atoms with Gasteiger partial charge in [-0.3, -0.25) is 24.1 Å². The van der Waals surface area contributed by atoms with Crippen LogP contribution in [0.3, 0.4) is 0 Å². The van der Waals surface area contributed by atoms with Crippen LogP contribution in [-0.2, 0) is 26.0 Å². The average Bonchev–Trinajstić information content (AvgIpc) is 3.05. The van der Waals surface area contributed by atoms with Gasteiger partial charge in [0, 0.05) is 20.1 Å². The number of nitrogens with zero attached hydrogens (tertiary/aromatic N) is 2. The van der Waals surface area contributed by atoms with Crippen LogP contribution in [-0.4, -0.2) is 59.6 Å². The second-order valence-corrected chi connectivity index (χ2v) is 11.5. The molecule has 2 atom stereocenters. The number of piperidine rings is 1. The van der Waals surface area contributed by atoms with Gasteiger partial charge in [0.15, 0.2) is 0 Å². The molecule has 4 amide bonds. The van der Waals surface area contributed by atoms with Crippen LogP contribution in [0.15, 0.2) is 42.5 Å². The third kappa shape index (κ3) is 4.99. The van der Waals surface area contributed by atoms with E-state index in [-0.39, 0.29) is 37.7 Å². The number of imide groups is 1. The highest BCUT2D eigenvalue weighted by molar-refractivity contribution is 6.12. The van der Waals surface area contributed by atoms with Gasteiger partial charge in [-0.2, -0.15) is 13.2 Å². The van der Waals surface area contributed by atoms with Gasteiger partial charge in [0.05, 0.1) is 22.0 Å². The number of rotatable bonds is 5. The highest BCUT2D eigenvalue weighted by Crippen LogP contribution is 2.55. The van der Waals surface area contributed by atoms with E-state index in [1.54, 1.807) is 20.8 Å². The largest absolute Gasteiger partial charge is 0.416 e. The molecule has 0 aromatic heterocycles. The Kier molecular flexibility index (Phi) is 7.79. The maximum absolute atomic E-state index is 14.3. The maximum Gasteiger partial charge on any atom is 0.416 e. The Morgan fingerprint density at radius 2 is 1.63 bits per heavy atom. The van der Waals surface area contributed by atoms with Crippen LogP contribution in [0.25, 0.3) is 0 Å². The number of hydrogen-bond acceptors (Lipinski definition) is 4. The summed E-state index contributed by atoms with van der Waals surface area (Å²) in [6.45, 7) is 7.20. The molecule has 0 bridgehead atoms. The van der Waals surface area contributed by atoms with Gasteiger partial charge < -0.3 is 10.2 Å². The van der Waals surface area contributed by atoms with Gasteiger partial charge in [-0.15, -0.1) is 0 Å². The fourth-order valence-electron chi connectivity index (χ4n) is 6.15. The molecule has 2 aromatic carbocycles. The zero-order valence-corrected chi connectivity index (χ0v) is 23.6. The standard InChI is InChI=1S/C30H33F4N3O4/c1-17(2)23(35-24(38)21-16-20(30(32,33)34)9-10-22(21)31)25(39)37-13-11-29(12-14-37)27(41)36(5)26(40)28(29,4)19-8-6-7-18(3)15-19/h6-10,15-17,23H,11-14H2,1-5H3,(H,35,38)/t23-,28?/m1/s1. The van der Waals surface area contributed by atoms with E-state index in [4.69, 9.17) is 0 Å². The molecule has 0 aliphatic carbocycles. The molecule has 4 rings (SSSR count). The number of hydrogen-bond donors (Lipinski definition) is 1. The molecule has 2 saturated heterocycles. The highest BCUT2D eigenvalue weighted by atomic mass is 19.4. The van der Waals surface area contributed by atoms with Crippen LogP contribution in [0.2, 0.25) is 0 Å². The highest BCUT2D eigenvalue weighted by Gasteiger charge is 2.67. The third-order valence-corrected chi connectivity index (χ3v) is 8.69. The number of halogens is 4. The molecule has 0 saturated carbocycles. The fourth-order valence-corrected chi connectivity index (χ4v) is 6.15. The first-order chi connectivity index (χ1) is 19.0. The smallest absolute Gasteiger partial charge is 0.341 e. The summed E-state index contributed by atoms with van der Waals surface area (Å²) in [7, 11) is 1.46. The molecule has 1 N–H and O–H groups in total. The van der Waals surface area contributed by atoms with Crippen molar-refractivity contribution in [3.63, 3.8) is 0 Å². The fraction of sp³-hybridized carbons (Fsp3) is 0.467. The summed E-state index contributed by atoms with van der Waals surface area (Å²) >= 11 is 0. The van der Waals surface area contributed by atoms with Crippen LogP contribution >= 0.6 is 0 Å². The molecular formula is C30H33F4N3O4. The Balaban J connectivity index is 1.57. The zero-order valence-electron chi connectivity index (χ0n) is 23.6. The Labute approximate surface area is 235 Å². The van der Waals surface area contributed by atoms with E-state index in [9.17, 15) is 36.7 Å². The van der Waals surface area contributed by atoms with Gasteiger partial charge >= 0.3 is 6.18 Å². The Hall–Kier alpha value is -3.76. The lowest BCUT2D eigenvalue weighted by atomic mass is 9.58. The summed E-state index contributed by atoms with van der Waals surface area (Å²) in [6.07, 6.45) is -4.39. The molecule has 2 aromatic rings. The van der Waals surface area contributed by atoms with Crippen molar-refractivity contribution in [3.8, 4) is 0 Å². The van der Waals surface area contributed by atoms with Gasteiger partial charge in [0.1, 0.15) is 11.9 Å². The monoisotopic (exact) mass is 575 g/mol. The molecule has 0 radical (unpaired) electrons. The van der Waals surface area contributed by atoms with Gasteiger partial charge in [-0.25, -0.2) is 4.39 Å². The third-order valence-electron chi connectivity index (χ3n) is 8.69. The van der Waals surface area contributed by atoms with Crippen molar-refractivity contribution in [2.75, 3.05) is 20.1 Å². The summed E-state index contributed by atoms with van der Waals surface area (Å²) in [5.74, 6) is -3.89. The molecule has 220 valence electrons. The molecule has 1 unspecified atom stereocenters. The van der Waals surface area contributed by atoms with E-state index >= 15 is 0 Å². The van der Waals surface area contributed by atoms with Gasteiger partial charge in [0.2, 0.25) is 17.7 Å². The molecule has 1 spiro atoms. The molecule has 2 heterocycles. The summed E-state index contributed by atoms with van der Waals surface area (Å²) in [5, 5.41) is 2.41. The van der Waals surface area contributed by atoms with Crippen LogP contribution < -0.4 is 5.32 Å². The molecule has 41 heavy (non-hydrogen) atoms. The van der Waals surface area contributed by atoms with E-state index < -0.39 is 57.7 Å². The summed E-state index contributed by atoms with van der Waals surface area (Å²) < 4.78 is 53.8. The predicted molar refractivity (Wildman–Crippen MR) is 142 cm³/mol. The maximum atomic E-state index is 14.3. The number of nitrogens with one attached hydrogen (secondary N) is 1. The minimum absolute atomic E-state index is 0.115. The van der Waals surface area contributed by atoms with Crippen molar-refractivity contribution >= 4 is 23.6 Å². The number of aryl methyl sites for hydroxylation is 1. The van der Waals surface area contributed by atoms with Gasteiger partial charge in [0.25, 0.3) is 5.91 Å². The van der Waals surface area contributed by atoms with Crippen LogP contribution in [0.4, 0.5) is 17.6 Å². The Morgan fingerprint density at radius 3 is 2.20 bits per heavy atom. The topological polar surface area (TPSA) is 86.8 Å². The van der Waals surface area contributed by atoms with Crippen molar-refractivity contribution in [3.05, 3.63) is 70.5 Å². The van der Waals surface area contributed by atoms with E-state index in [2.05, 4.69) is 5.32 Å². The van der Waals surface area contributed by atoms with E-state index in [1.807, 2.05) is 31.2 Å². The number of likely N-dealkylation sites (tertiary alicyclic amines) is 2. The lowest BCUT2D eigenvalue weighted by Crippen LogP contribution is -2.57. The lowest BCUT2D eigenvalue weighted by Gasteiger charge is -2.46. The number of carbonyl (C=O) groups excluding carboxylic acids is 4. The number of benzene rings is 2. The van der Waals surface area contributed by atoms with E-state index in [0.29, 0.717) is 18.2 Å². The summed E-state index contributed by atoms with van der Waals surface area (Å²) in [4.78, 5) is 56.1. The van der Waals surface area contributed by atoms with Crippen molar-refractivity contribution in [1.82, 2.24) is 15.1 Å². The van der Waals surface area contributed by atoms with Crippen molar-refractivity contribution in [2.24, 2.45) is 11.3 Å². The molecule has 2 aliphatic rings. The minimum atomic E-state index is -4.78. The van der Waals surface area contributed by atoms with Crippen molar-refractivity contribution in [2.45, 2.75) is 58.2 Å². The average molecular weight is 576 g/mol. The molecule has 7 nitrogen and oxygen atoms in total. The normalized spacial score (nSPS) is 21.5. The molecular weight excluding hydrogens is 542 g/mol. The van der Waals surface area contributed by atoms with Crippen molar-refractivity contribution in [1.29, 1.82) is 0 Å². The first-order valence-corrected chi connectivity index (χ1v) is 13.4. The summed E-state index contributed by atoms with van der Waals surface area (Å²) in [5.41, 5.74) is -2.57. The number of amides is 4. The van der Waals surface area contributed by atoms with Crippen LogP contribution in [0.5, 0.6) is 0 Å². The zero-order chi connectivity index (χ0) is 30.5. The first kappa shape index (κ1) is 30.2. The van der Waals surface area contributed by atoms with E-state index in [0.717, 1.165) is 16.0 Å². The van der Waals surface area contributed by atoms with Gasteiger partial charge in [-0.05, 0) is 56.4 Å². The second-order valence-electron chi connectivity index (χ2n) is 11.5. The number of likely N-dealkylation sites (N-methyl/N-ethyl adjacent to an activating group) is 1. The first-order valence-electron chi connectivity index (χ1n) is 13.4. The van der Waals surface area contributed by atoms with E-state index in [1.165, 1.54) is 11.9 Å². The Bertz CT molecular complexity index is 1400. The molecule has 2 fully saturated rings. The molecule has 2 aliphatic heterocycles. The minimum Gasteiger partial charge on any atom is -0.341 e. The number of alkyl halides is 3. The SMILES string of the molecule is Cc1cccc(C2(C)C(=O)N(C)C(=O)C23CCN(C(=O)[C@H](NC(=O)c2cc(C(F)(F)F)ccc2F)C(C)C)CC3)c1. The molecule has 11 heteroatoms. The van der Waals surface area contributed by atoms with Crippen LogP contribution in [0.1, 0.15) is 60.7 Å². The lowest BCUT2D eigenvalue weighted by molar-refractivity contribution is -0.145. The van der Waals surface area contributed by atoms with Crippen LogP contribution in [0, 0.1) is 24.1 Å². The number of carbonyl (C=O) groups is 4. The predicted octanol–water partition coefficient (Wildman–Crippen LogP) is 4.47. The van der Waals surface area contributed by atoms with Gasteiger partial charge in [-0.1, -0.05) is 43.7 Å². The second kappa shape index (κ2) is 10.6. The quantitative estimate of drug-likeness (QED) is 0.421. The Morgan fingerprint density at radius 1 is 1.00 bits per heavy atom. The summed E-state index contributed by atoms with van der Waals surface area (Å²) in [6, 6.07) is 7.82.